The Hall–Kier alpha value is -1.71. The van der Waals surface area contributed by atoms with Crippen molar-refractivity contribution >= 4 is 5.97 Å². The first-order valence-corrected chi connectivity index (χ1v) is 5.44. The van der Waals surface area contributed by atoms with Gasteiger partial charge in [0.2, 0.25) is 0 Å². The molecule has 0 aliphatic carbocycles. The minimum atomic E-state index is -0.811. The summed E-state index contributed by atoms with van der Waals surface area (Å²) in [4.78, 5) is 10.9. The highest BCUT2D eigenvalue weighted by atomic mass is 16.5. The maximum absolute atomic E-state index is 10.9. The molecule has 0 fully saturated rings. The molecule has 1 aromatic rings. The zero-order chi connectivity index (χ0) is 13.0. The molecular formula is C13H18O4. The smallest absolute Gasteiger partial charge is 0.306 e. The van der Waals surface area contributed by atoms with Crippen molar-refractivity contribution in [2.24, 2.45) is 5.92 Å². The largest absolute Gasteiger partial charge is 0.493 e. The molecule has 1 rings (SSSR count). The average molecular weight is 238 g/mol. The van der Waals surface area contributed by atoms with Crippen molar-refractivity contribution in [2.45, 2.75) is 20.3 Å². The van der Waals surface area contributed by atoms with Crippen LogP contribution >= 0.6 is 0 Å². The van der Waals surface area contributed by atoms with Crippen LogP contribution in [0.3, 0.4) is 0 Å². The molecule has 4 nitrogen and oxygen atoms in total. The molecule has 0 heterocycles. The van der Waals surface area contributed by atoms with Crippen LogP contribution in [0.5, 0.6) is 11.5 Å². The predicted molar refractivity (Wildman–Crippen MR) is 64.8 cm³/mol. The van der Waals surface area contributed by atoms with Gasteiger partial charge >= 0.3 is 5.97 Å². The molecule has 0 bridgehead atoms. The quantitative estimate of drug-likeness (QED) is 0.855. The molecular weight excluding hydrogens is 220 g/mol. The van der Waals surface area contributed by atoms with Gasteiger partial charge in [-0.2, -0.15) is 0 Å². The standard InChI is InChI=1S/C13H18O4/c1-8-5-6-11(16-3)12(17-4)10(8)7-9(2)13(14)15/h5-6,9H,7H2,1-4H3,(H,14,15). The molecule has 0 aromatic heterocycles. The number of carbonyl (C=O) groups is 1. The number of rotatable bonds is 5. The zero-order valence-electron chi connectivity index (χ0n) is 10.6. The molecule has 0 aliphatic rings. The van der Waals surface area contributed by atoms with E-state index in [-0.39, 0.29) is 0 Å². The molecule has 0 aliphatic heterocycles. The maximum Gasteiger partial charge on any atom is 0.306 e. The lowest BCUT2D eigenvalue weighted by molar-refractivity contribution is -0.141. The monoisotopic (exact) mass is 238 g/mol. The van der Waals surface area contributed by atoms with Gasteiger partial charge in [-0.05, 0) is 25.0 Å². The molecule has 1 N–H and O–H groups in total. The molecule has 1 aromatic carbocycles. The van der Waals surface area contributed by atoms with Crippen molar-refractivity contribution < 1.29 is 19.4 Å². The highest BCUT2D eigenvalue weighted by molar-refractivity contribution is 5.70. The average Bonchev–Trinajstić information content (AvgIpc) is 2.31. The van der Waals surface area contributed by atoms with Crippen LogP contribution in [0.2, 0.25) is 0 Å². The van der Waals surface area contributed by atoms with Crippen LogP contribution in [0.25, 0.3) is 0 Å². The molecule has 1 atom stereocenters. The van der Waals surface area contributed by atoms with Crippen molar-refractivity contribution in [3.8, 4) is 11.5 Å². The van der Waals surface area contributed by atoms with Gasteiger partial charge in [0.1, 0.15) is 0 Å². The van der Waals surface area contributed by atoms with Crippen molar-refractivity contribution in [2.75, 3.05) is 14.2 Å². The van der Waals surface area contributed by atoms with Crippen molar-refractivity contribution in [1.82, 2.24) is 0 Å². The predicted octanol–water partition coefficient (Wildman–Crippen LogP) is 2.28. The Morgan fingerprint density at radius 1 is 1.35 bits per heavy atom. The van der Waals surface area contributed by atoms with Crippen LogP contribution in [-0.2, 0) is 11.2 Å². The third-order valence-electron chi connectivity index (χ3n) is 2.81. The van der Waals surface area contributed by atoms with Gasteiger partial charge in [0.15, 0.2) is 11.5 Å². The van der Waals surface area contributed by atoms with Crippen LogP contribution in [0.4, 0.5) is 0 Å². The fourth-order valence-corrected chi connectivity index (χ4v) is 1.74. The molecule has 94 valence electrons. The van der Waals surface area contributed by atoms with Gasteiger partial charge < -0.3 is 14.6 Å². The zero-order valence-corrected chi connectivity index (χ0v) is 10.6. The first-order valence-electron chi connectivity index (χ1n) is 5.44. The normalized spacial score (nSPS) is 12.0. The van der Waals surface area contributed by atoms with E-state index in [1.165, 1.54) is 0 Å². The number of aryl methyl sites for hydroxylation is 1. The molecule has 0 saturated carbocycles. The number of methoxy groups -OCH3 is 2. The Morgan fingerprint density at radius 2 is 2.00 bits per heavy atom. The summed E-state index contributed by atoms with van der Waals surface area (Å²) >= 11 is 0. The minimum absolute atomic E-state index is 0.432. The molecule has 4 heteroatoms. The van der Waals surface area contributed by atoms with E-state index in [2.05, 4.69) is 0 Å². The molecule has 0 spiro atoms. The van der Waals surface area contributed by atoms with Crippen molar-refractivity contribution in [3.05, 3.63) is 23.3 Å². The van der Waals surface area contributed by atoms with Gasteiger partial charge in [0.25, 0.3) is 0 Å². The Balaban J connectivity index is 3.16. The summed E-state index contributed by atoms with van der Waals surface area (Å²) < 4.78 is 10.5. The van der Waals surface area contributed by atoms with E-state index in [1.54, 1.807) is 21.1 Å². The third-order valence-corrected chi connectivity index (χ3v) is 2.81. The van der Waals surface area contributed by atoms with E-state index in [0.29, 0.717) is 17.9 Å². The maximum atomic E-state index is 10.9. The van der Waals surface area contributed by atoms with E-state index in [9.17, 15) is 4.79 Å². The van der Waals surface area contributed by atoms with Crippen LogP contribution in [-0.4, -0.2) is 25.3 Å². The summed E-state index contributed by atoms with van der Waals surface area (Å²) in [5.74, 6) is -0.00438. The van der Waals surface area contributed by atoms with E-state index in [1.807, 2.05) is 19.1 Å². The SMILES string of the molecule is COc1ccc(C)c(CC(C)C(=O)O)c1OC. The molecule has 0 saturated heterocycles. The van der Waals surface area contributed by atoms with Crippen LogP contribution < -0.4 is 9.47 Å². The van der Waals surface area contributed by atoms with E-state index in [4.69, 9.17) is 14.6 Å². The summed E-state index contributed by atoms with van der Waals surface area (Å²) in [6.45, 7) is 3.62. The second kappa shape index (κ2) is 5.57. The van der Waals surface area contributed by atoms with Crippen LogP contribution in [0, 0.1) is 12.8 Å². The highest BCUT2D eigenvalue weighted by Crippen LogP contribution is 2.34. The van der Waals surface area contributed by atoms with Gasteiger partial charge in [0, 0.05) is 5.56 Å². The number of carboxylic acids is 1. The summed E-state index contributed by atoms with van der Waals surface area (Å²) in [6.07, 6.45) is 0.432. The van der Waals surface area contributed by atoms with Gasteiger partial charge in [-0.1, -0.05) is 13.0 Å². The number of hydrogen-bond acceptors (Lipinski definition) is 3. The Labute approximate surface area is 101 Å². The fraction of sp³-hybridized carbons (Fsp3) is 0.462. The second-order valence-electron chi connectivity index (χ2n) is 4.04. The Morgan fingerprint density at radius 3 is 2.47 bits per heavy atom. The van der Waals surface area contributed by atoms with Crippen molar-refractivity contribution in [3.63, 3.8) is 0 Å². The van der Waals surface area contributed by atoms with E-state index in [0.717, 1.165) is 11.1 Å². The van der Waals surface area contributed by atoms with Gasteiger partial charge in [-0.15, -0.1) is 0 Å². The fourth-order valence-electron chi connectivity index (χ4n) is 1.74. The topological polar surface area (TPSA) is 55.8 Å². The number of aliphatic carboxylic acids is 1. The number of benzene rings is 1. The van der Waals surface area contributed by atoms with E-state index >= 15 is 0 Å². The summed E-state index contributed by atoms with van der Waals surface area (Å²) in [7, 11) is 3.13. The first kappa shape index (κ1) is 13.4. The Kier molecular flexibility index (Phi) is 4.37. The summed E-state index contributed by atoms with van der Waals surface area (Å²) in [5, 5.41) is 8.95. The number of hydrogen-bond donors (Lipinski definition) is 1. The minimum Gasteiger partial charge on any atom is -0.493 e. The highest BCUT2D eigenvalue weighted by Gasteiger charge is 2.18. The number of ether oxygens (including phenoxy) is 2. The van der Waals surface area contributed by atoms with Gasteiger partial charge in [-0.3, -0.25) is 4.79 Å². The van der Waals surface area contributed by atoms with E-state index < -0.39 is 11.9 Å². The van der Waals surface area contributed by atoms with Crippen LogP contribution in [0.15, 0.2) is 12.1 Å². The summed E-state index contributed by atoms with van der Waals surface area (Å²) in [6, 6.07) is 3.73. The lowest BCUT2D eigenvalue weighted by Crippen LogP contribution is -2.14. The summed E-state index contributed by atoms with van der Waals surface area (Å²) in [5.41, 5.74) is 1.90. The van der Waals surface area contributed by atoms with Gasteiger partial charge in [-0.25, -0.2) is 0 Å². The molecule has 1 unspecified atom stereocenters. The molecule has 17 heavy (non-hydrogen) atoms. The Bertz CT molecular complexity index is 412. The molecule has 0 amide bonds. The first-order chi connectivity index (χ1) is 8.01. The van der Waals surface area contributed by atoms with Crippen LogP contribution in [0.1, 0.15) is 18.1 Å². The van der Waals surface area contributed by atoms with Gasteiger partial charge in [0.05, 0.1) is 20.1 Å². The second-order valence-corrected chi connectivity index (χ2v) is 4.04. The number of carboxylic acid groups (broad SMARTS) is 1. The lowest BCUT2D eigenvalue weighted by Gasteiger charge is -2.16. The third kappa shape index (κ3) is 2.90. The molecule has 0 radical (unpaired) electrons. The van der Waals surface area contributed by atoms with Crippen molar-refractivity contribution in [1.29, 1.82) is 0 Å². The lowest BCUT2D eigenvalue weighted by atomic mass is 9.96.